The number of carbonyl (C=O) groups excluding carboxylic acids is 2. The highest BCUT2D eigenvalue weighted by atomic mass is 16.3. The van der Waals surface area contributed by atoms with Crippen LogP contribution in [0.25, 0.3) is 0 Å². The summed E-state index contributed by atoms with van der Waals surface area (Å²) in [6.45, 7) is 8.25. The molecule has 0 radical (unpaired) electrons. The van der Waals surface area contributed by atoms with E-state index in [9.17, 15) is 14.7 Å². The summed E-state index contributed by atoms with van der Waals surface area (Å²) < 4.78 is 0. The van der Waals surface area contributed by atoms with Crippen LogP contribution < -0.4 is 5.32 Å². The van der Waals surface area contributed by atoms with Crippen molar-refractivity contribution in [2.45, 2.75) is 20.8 Å². The number of aliphatic hydroxyl groups is 1. The second-order valence-electron chi connectivity index (χ2n) is 4.37. The van der Waals surface area contributed by atoms with Gasteiger partial charge in [0.2, 0.25) is 0 Å². The summed E-state index contributed by atoms with van der Waals surface area (Å²) in [4.78, 5) is 27.3. The number of allylic oxidation sites excluding steroid dienone is 1. The molecule has 0 unspecified atom stereocenters. The Labute approximate surface area is 123 Å². The maximum absolute atomic E-state index is 12.2. The van der Waals surface area contributed by atoms with Gasteiger partial charge in [-0.05, 0) is 38.5 Å². The highest BCUT2D eigenvalue weighted by Gasteiger charge is 2.16. The van der Waals surface area contributed by atoms with Gasteiger partial charge in [-0.1, -0.05) is 18.7 Å². The number of Topliss-reactive ketones (excluding diaryl/α,β-unsaturated/α-hetero) is 1. The molecule has 2 N–H and O–H groups in total. The molecule has 0 fully saturated rings. The molecule has 0 saturated carbocycles. The second-order valence-corrected chi connectivity index (χ2v) is 4.37. The lowest BCUT2D eigenvalue weighted by Crippen LogP contribution is -2.25. The summed E-state index contributed by atoms with van der Waals surface area (Å²) in [5, 5.41) is 12.3. The fourth-order valence-corrected chi connectivity index (χ4v) is 1.63. The maximum atomic E-state index is 12.2. The van der Waals surface area contributed by atoms with E-state index in [2.05, 4.69) is 16.9 Å². The molecule has 0 bridgehead atoms. The molecular weight excluding hydrogens is 268 g/mol. The number of anilines is 1. The Balaban J connectivity index is 3.12. The number of aliphatic hydroxyl groups excluding tert-OH is 1. The molecule has 110 valence electrons. The third kappa shape index (κ3) is 4.14. The van der Waals surface area contributed by atoms with E-state index in [1.165, 1.54) is 19.2 Å². The molecule has 0 spiro atoms. The van der Waals surface area contributed by atoms with Crippen LogP contribution in [-0.2, 0) is 4.79 Å². The van der Waals surface area contributed by atoms with Crippen molar-refractivity contribution in [2.75, 3.05) is 5.32 Å². The number of nitrogens with zero attached hydrogens (tertiary/aromatic N) is 1. The Hall–Kier alpha value is -2.69. The molecule has 1 amide bonds. The van der Waals surface area contributed by atoms with Gasteiger partial charge in [0.25, 0.3) is 5.91 Å². The fraction of sp³-hybridized carbons (Fsp3) is 0.188. The highest BCUT2D eigenvalue weighted by molar-refractivity contribution is 6.48. The van der Waals surface area contributed by atoms with E-state index in [0.717, 1.165) is 5.56 Å². The molecule has 21 heavy (non-hydrogen) atoms. The van der Waals surface area contributed by atoms with E-state index in [0.29, 0.717) is 11.3 Å². The molecule has 5 heteroatoms. The second kappa shape index (κ2) is 7.19. The van der Waals surface area contributed by atoms with Gasteiger partial charge in [-0.25, -0.2) is 4.99 Å². The monoisotopic (exact) mass is 286 g/mol. The summed E-state index contributed by atoms with van der Waals surface area (Å²) in [5.74, 6) is -0.913. The van der Waals surface area contributed by atoms with Crippen LogP contribution in [0.15, 0.2) is 47.8 Å². The lowest BCUT2D eigenvalue weighted by molar-refractivity contribution is -0.110. The first-order chi connectivity index (χ1) is 9.90. The first-order valence-electron chi connectivity index (χ1n) is 6.38. The van der Waals surface area contributed by atoms with E-state index in [-0.39, 0.29) is 17.3 Å². The lowest BCUT2D eigenvalue weighted by Gasteiger charge is -2.10. The minimum atomic E-state index is -0.575. The summed E-state index contributed by atoms with van der Waals surface area (Å²) >= 11 is 0. The lowest BCUT2D eigenvalue weighted by atomic mass is 10.1. The number of aliphatic imine (C=N–C) groups is 1. The molecule has 1 rings (SSSR count). The number of hydrogen-bond donors (Lipinski definition) is 2. The summed E-state index contributed by atoms with van der Waals surface area (Å²) in [6, 6.07) is 5.02. The van der Waals surface area contributed by atoms with Gasteiger partial charge >= 0.3 is 0 Å². The van der Waals surface area contributed by atoms with Crippen molar-refractivity contribution in [3.8, 4) is 0 Å². The summed E-state index contributed by atoms with van der Waals surface area (Å²) in [5.41, 5.74) is 1.65. The van der Waals surface area contributed by atoms with Gasteiger partial charge in [0.05, 0.1) is 0 Å². The molecule has 1 aromatic carbocycles. The minimum absolute atomic E-state index is 0.0956. The van der Waals surface area contributed by atoms with Crippen LogP contribution in [0.5, 0.6) is 0 Å². The Morgan fingerprint density at radius 3 is 2.57 bits per heavy atom. The fourth-order valence-electron chi connectivity index (χ4n) is 1.63. The largest absolute Gasteiger partial charge is 0.506 e. The van der Waals surface area contributed by atoms with Crippen molar-refractivity contribution in [2.24, 2.45) is 4.99 Å². The first-order valence-corrected chi connectivity index (χ1v) is 6.38. The zero-order valence-electron chi connectivity index (χ0n) is 12.3. The van der Waals surface area contributed by atoms with Crippen LogP contribution in [0.1, 0.15) is 29.8 Å². The molecule has 1 aromatic rings. The van der Waals surface area contributed by atoms with E-state index in [4.69, 9.17) is 0 Å². The molecule has 5 nitrogen and oxygen atoms in total. The van der Waals surface area contributed by atoms with Crippen LogP contribution >= 0.6 is 0 Å². The predicted molar refractivity (Wildman–Crippen MR) is 83.8 cm³/mol. The Bertz CT molecular complexity index is 643. The van der Waals surface area contributed by atoms with Crippen LogP contribution in [0.3, 0.4) is 0 Å². The number of rotatable bonds is 5. The molecule has 0 aliphatic carbocycles. The molecule has 0 saturated heterocycles. The number of benzene rings is 1. The Morgan fingerprint density at radius 1 is 1.38 bits per heavy atom. The quantitative estimate of drug-likeness (QED) is 0.495. The SMILES string of the molecule is C=C/N=C(C(=O)Nc1cc(C(C)=O)ccc1C)\C(O)=C/C. The average molecular weight is 286 g/mol. The normalized spacial score (nSPS) is 12.0. The summed E-state index contributed by atoms with van der Waals surface area (Å²) in [6.07, 6.45) is 2.54. The zero-order chi connectivity index (χ0) is 16.0. The van der Waals surface area contributed by atoms with E-state index in [1.807, 2.05) is 0 Å². The van der Waals surface area contributed by atoms with E-state index in [1.54, 1.807) is 32.0 Å². The first kappa shape index (κ1) is 16.4. The van der Waals surface area contributed by atoms with Gasteiger partial charge in [-0.3, -0.25) is 9.59 Å². The van der Waals surface area contributed by atoms with Gasteiger partial charge in [-0.15, -0.1) is 0 Å². The number of nitrogens with one attached hydrogen (secondary N) is 1. The number of aryl methyl sites for hydroxylation is 1. The minimum Gasteiger partial charge on any atom is -0.506 e. The maximum Gasteiger partial charge on any atom is 0.278 e. The van der Waals surface area contributed by atoms with Crippen molar-refractivity contribution in [1.82, 2.24) is 0 Å². The molecule has 0 aliphatic heterocycles. The molecule has 0 atom stereocenters. The van der Waals surface area contributed by atoms with Crippen LogP contribution in [0.2, 0.25) is 0 Å². The number of ketones is 1. The number of hydrogen-bond acceptors (Lipinski definition) is 4. The topological polar surface area (TPSA) is 78.8 Å². The van der Waals surface area contributed by atoms with Crippen molar-refractivity contribution < 1.29 is 14.7 Å². The third-order valence-electron chi connectivity index (χ3n) is 2.84. The standard InChI is InChI=1S/C16H18N2O3/c1-5-14(20)15(17-6-2)16(21)18-13-9-12(11(4)19)8-7-10(13)3/h5-9,20H,2H2,1,3-4H3,(H,18,21)/b14-5+,17-15+. The molecule has 0 heterocycles. The smallest absolute Gasteiger partial charge is 0.278 e. The zero-order valence-corrected chi connectivity index (χ0v) is 12.3. The average Bonchev–Trinajstić information content (AvgIpc) is 2.45. The molecular formula is C16H18N2O3. The Morgan fingerprint density at radius 2 is 2.05 bits per heavy atom. The predicted octanol–water partition coefficient (Wildman–Crippen LogP) is 3.18. The van der Waals surface area contributed by atoms with Gasteiger partial charge in [0.15, 0.2) is 11.5 Å². The van der Waals surface area contributed by atoms with Crippen LogP contribution in [0, 0.1) is 6.92 Å². The summed E-state index contributed by atoms with van der Waals surface area (Å²) in [7, 11) is 0. The van der Waals surface area contributed by atoms with Crippen LogP contribution in [-0.4, -0.2) is 22.5 Å². The van der Waals surface area contributed by atoms with E-state index >= 15 is 0 Å². The van der Waals surface area contributed by atoms with Gasteiger partial charge in [0.1, 0.15) is 5.76 Å². The number of carbonyl (C=O) groups is 2. The highest BCUT2D eigenvalue weighted by Crippen LogP contribution is 2.17. The van der Waals surface area contributed by atoms with Gasteiger partial charge < -0.3 is 10.4 Å². The van der Waals surface area contributed by atoms with E-state index < -0.39 is 5.91 Å². The van der Waals surface area contributed by atoms with Crippen molar-refractivity contribution in [3.05, 3.63) is 53.9 Å². The van der Waals surface area contributed by atoms with Gasteiger partial charge in [0, 0.05) is 17.5 Å². The van der Waals surface area contributed by atoms with Crippen LogP contribution in [0.4, 0.5) is 5.69 Å². The molecule has 0 aliphatic rings. The third-order valence-corrected chi connectivity index (χ3v) is 2.84. The Kier molecular flexibility index (Phi) is 5.60. The molecule has 0 aromatic heterocycles. The van der Waals surface area contributed by atoms with Gasteiger partial charge in [-0.2, -0.15) is 0 Å². The van der Waals surface area contributed by atoms with Crippen molar-refractivity contribution in [1.29, 1.82) is 0 Å². The van der Waals surface area contributed by atoms with Crippen molar-refractivity contribution >= 4 is 23.1 Å². The number of amides is 1. The van der Waals surface area contributed by atoms with Crippen molar-refractivity contribution in [3.63, 3.8) is 0 Å².